The maximum atomic E-state index is 12.6. The molecule has 0 spiro atoms. The Labute approximate surface area is 207 Å². The minimum atomic E-state index is -2.94. The van der Waals surface area contributed by atoms with Gasteiger partial charge in [-0.3, -0.25) is 24.1 Å². The van der Waals surface area contributed by atoms with Gasteiger partial charge in [0.25, 0.3) is 16.7 Å². The summed E-state index contributed by atoms with van der Waals surface area (Å²) in [7, 11) is 0. The Bertz CT molecular complexity index is 1390. The summed E-state index contributed by atoms with van der Waals surface area (Å²) < 4.78 is 28.8. The number of hydrogen-bond acceptors (Lipinski definition) is 7. The predicted octanol–water partition coefficient (Wildman–Crippen LogP) is 3.31. The highest BCUT2D eigenvalue weighted by molar-refractivity contribution is 8.18. The van der Waals surface area contributed by atoms with Crippen molar-refractivity contribution in [2.75, 3.05) is 13.1 Å². The van der Waals surface area contributed by atoms with E-state index < -0.39 is 17.8 Å². The van der Waals surface area contributed by atoms with Crippen LogP contribution in [0.5, 0.6) is 5.75 Å². The maximum absolute atomic E-state index is 12.6. The highest BCUT2D eigenvalue weighted by Crippen LogP contribution is 2.32. The number of thioether (sulfide) groups is 1. The van der Waals surface area contributed by atoms with Crippen LogP contribution in [0.3, 0.4) is 0 Å². The van der Waals surface area contributed by atoms with Crippen molar-refractivity contribution in [2.24, 2.45) is 0 Å². The lowest BCUT2D eigenvalue weighted by molar-refractivity contribution is -0.124. The first-order chi connectivity index (χ1) is 17.3. The Kier molecular flexibility index (Phi) is 7.74. The van der Waals surface area contributed by atoms with Crippen molar-refractivity contribution in [2.45, 2.75) is 19.5 Å². The number of H-pyrrole nitrogens is 1. The number of aromatic nitrogens is 2. The Morgan fingerprint density at radius 2 is 1.89 bits per heavy atom. The second-order valence-corrected chi connectivity index (χ2v) is 8.65. The van der Waals surface area contributed by atoms with Crippen LogP contribution in [0, 0.1) is 0 Å². The van der Waals surface area contributed by atoms with E-state index in [4.69, 9.17) is 0 Å². The second kappa shape index (κ2) is 11.1. The van der Waals surface area contributed by atoms with E-state index >= 15 is 0 Å². The summed E-state index contributed by atoms with van der Waals surface area (Å²) in [6.07, 6.45) is 1.76. The van der Waals surface area contributed by atoms with Gasteiger partial charge in [0.1, 0.15) is 11.6 Å². The molecule has 12 heteroatoms. The van der Waals surface area contributed by atoms with Crippen molar-refractivity contribution in [3.8, 4) is 5.75 Å². The highest BCUT2D eigenvalue weighted by atomic mass is 32.2. The molecule has 0 aliphatic carbocycles. The van der Waals surface area contributed by atoms with Crippen molar-refractivity contribution in [1.82, 2.24) is 20.2 Å². The van der Waals surface area contributed by atoms with Crippen LogP contribution in [-0.4, -0.2) is 51.6 Å². The maximum Gasteiger partial charge on any atom is 0.387 e. The number of fused-ring (bicyclic) bond motifs is 1. The number of ether oxygens (including phenoxy) is 1. The number of para-hydroxylation sites is 1. The molecule has 0 saturated carbocycles. The van der Waals surface area contributed by atoms with Crippen LogP contribution in [-0.2, 0) is 16.0 Å². The largest absolute Gasteiger partial charge is 0.435 e. The van der Waals surface area contributed by atoms with E-state index in [-0.39, 0.29) is 48.1 Å². The van der Waals surface area contributed by atoms with Crippen molar-refractivity contribution in [3.63, 3.8) is 0 Å². The molecule has 36 heavy (non-hydrogen) atoms. The van der Waals surface area contributed by atoms with Gasteiger partial charge in [-0.05, 0) is 47.7 Å². The van der Waals surface area contributed by atoms with Gasteiger partial charge in [-0.15, -0.1) is 0 Å². The fourth-order valence-corrected chi connectivity index (χ4v) is 4.34. The Morgan fingerprint density at radius 1 is 1.14 bits per heavy atom. The van der Waals surface area contributed by atoms with Gasteiger partial charge in [-0.2, -0.15) is 8.78 Å². The summed E-state index contributed by atoms with van der Waals surface area (Å²) in [4.78, 5) is 57.4. The van der Waals surface area contributed by atoms with E-state index in [2.05, 4.69) is 20.0 Å². The van der Waals surface area contributed by atoms with Crippen LogP contribution in [0.15, 0.2) is 58.2 Å². The molecule has 4 rings (SSSR count). The zero-order valence-electron chi connectivity index (χ0n) is 18.7. The van der Waals surface area contributed by atoms with Crippen LogP contribution in [0.4, 0.5) is 13.6 Å². The lowest BCUT2D eigenvalue weighted by atomic mass is 10.2. The SMILES string of the molecule is O=C(CCc1nc2ccccc2c(=O)[nH]1)NCCN1C(=O)SC(=Cc2ccc(OC(F)F)cc2)C1=O. The van der Waals surface area contributed by atoms with E-state index in [1.54, 1.807) is 24.3 Å². The van der Waals surface area contributed by atoms with Gasteiger partial charge in [0, 0.05) is 25.9 Å². The van der Waals surface area contributed by atoms with Gasteiger partial charge in [0.2, 0.25) is 5.91 Å². The smallest absolute Gasteiger partial charge is 0.387 e. The summed E-state index contributed by atoms with van der Waals surface area (Å²) in [5.41, 5.74) is 0.804. The number of nitrogens with one attached hydrogen (secondary N) is 2. The molecule has 1 saturated heterocycles. The van der Waals surface area contributed by atoms with Crippen molar-refractivity contribution in [1.29, 1.82) is 0 Å². The molecule has 186 valence electrons. The molecule has 1 aliphatic heterocycles. The fraction of sp³-hybridized carbons (Fsp3) is 0.208. The molecular formula is C24H20F2N4O5S. The minimum absolute atomic E-state index is 0.0139. The van der Waals surface area contributed by atoms with Crippen LogP contribution in [0.2, 0.25) is 0 Å². The summed E-state index contributed by atoms with van der Waals surface area (Å²) in [6, 6.07) is 12.5. The van der Waals surface area contributed by atoms with Crippen LogP contribution >= 0.6 is 11.8 Å². The molecule has 1 aromatic heterocycles. The molecule has 2 aromatic carbocycles. The summed E-state index contributed by atoms with van der Waals surface area (Å²) in [5, 5.41) is 2.64. The first kappa shape index (κ1) is 25.0. The normalized spacial score (nSPS) is 14.8. The number of carbonyl (C=O) groups is 3. The molecule has 0 atom stereocenters. The Hall–Kier alpha value is -4.06. The lowest BCUT2D eigenvalue weighted by Gasteiger charge is -2.13. The minimum Gasteiger partial charge on any atom is -0.435 e. The molecular weight excluding hydrogens is 494 g/mol. The zero-order chi connectivity index (χ0) is 25.7. The third-order valence-electron chi connectivity index (χ3n) is 5.18. The standard InChI is InChI=1S/C24H20F2N4O5S/c25-23(26)35-15-7-5-14(6-8-15)13-18-22(33)30(24(34)36-18)12-11-27-20(31)10-9-19-28-17-4-2-1-3-16(17)21(32)29-19/h1-8,13,23H,9-12H2,(H,27,31)(H,28,29,32). The zero-order valence-corrected chi connectivity index (χ0v) is 19.5. The molecule has 3 amide bonds. The number of hydrogen-bond donors (Lipinski definition) is 2. The van der Waals surface area contributed by atoms with Crippen molar-refractivity contribution < 1.29 is 27.9 Å². The molecule has 0 radical (unpaired) electrons. The number of aromatic amines is 1. The number of halogens is 2. The van der Waals surface area contributed by atoms with Gasteiger partial charge in [0.05, 0.1) is 15.8 Å². The van der Waals surface area contributed by atoms with Gasteiger partial charge in [-0.25, -0.2) is 4.98 Å². The third-order valence-corrected chi connectivity index (χ3v) is 6.09. The average molecular weight is 515 g/mol. The van der Waals surface area contributed by atoms with E-state index in [0.717, 1.165) is 16.7 Å². The predicted molar refractivity (Wildman–Crippen MR) is 129 cm³/mol. The summed E-state index contributed by atoms with van der Waals surface area (Å²) in [5.74, 6) is -0.461. The number of nitrogens with zero attached hydrogens (tertiary/aromatic N) is 2. The number of carbonyl (C=O) groups excluding carboxylic acids is 3. The number of rotatable bonds is 9. The lowest BCUT2D eigenvalue weighted by Crippen LogP contribution is -2.37. The van der Waals surface area contributed by atoms with Gasteiger partial charge in [0.15, 0.2) is 0 Å². The molecule has 2 N–H and O–H groups in total. The van der Waals surface area contributed by atoms with Crippen molar-refractivity contribution in [3.05, 3.63) is 75.2 Å². The quantitative estimate of drug-likeness (QED) is 0.420. The van der Waals surface area contributed by atoms with Crippen LogP contribution in [0.1, 0.15) is 17.8 Å². The van der Waals surface area contributed by atoms with E-state index in [0.29, 0.717) is 22.3 Å². The molecule has 1 fully saturated rings. The number of benzene rings is 2. The van der Waals surface area contributed by atoms with Crippen LogP contribution in [0.25, 0.3) is 17.0 Å². The summed E-state index contributed by atoms with van der Waals surface area (Å²) in [6.45, 7) is -2.89. The molecule has 2 heterocycles. The number of aryl methyl sites for hydroxylation is 1. The average Bonchev–Trinajstić information content (AvgIpc) is 3.11. The van der Waals surface area contributed by atoms with E-state index in [1.165, 1.54) is 30.3 Å². The topological polar surface area (TPSA) is 121 Å². The monoisotopic (exact) mass is 514 g/mol. The molecule has 0 unspecified atom stereocenters. The van der Waals surface area contributed by atoms with E-state index in [1.807, 2.05) is 0 Å². The molecule has 3 aromatic rings. The molecule has 0 bridgehead atoms. The Morgan fingerprint density at radius 3 is 2.64 bits per heavy atom. The number of amides is 3. The van der Waals surface area contributed by atoms with E-state index in [9.17, 15) is 28.0 Å². The first-order valence-corrected chi connectivity index (χ1v) is 11.7. The second-order valence-electron chi connectivity index (χ2n) is 7.66. The number of alkyl halides is 2. The number of imide groups is 1. The third kappa shape index (κ3) is 6.13. The van der Waals surface area contributed by atoms with Gasteiger partial charge >= 0.3 is 6.61 Å². The highest BCUT2D eigenvalue weighted by Gasteiger charge is 2.34. The van der Waals surface area contributed by atoms with Crippen LogP contribution < -0.4 is 15.6 Å². The molecule has 1 aliphatic rings. The first-order valence-electron chi connectivity index (χ1n) is 10.8. The fourth-order valence-electron chi connectivity index (χ4n) is 3.47. The summed E-state index contributed by atoms with van der Waals surface area (Å²) >= 11 is 0.753. The molecule has 9 nitrogen and oxygen atoms in total. The Balaban J connectivity index is 1.27. The van der Waals surface area contributed by atoms with Crippen molar-refractivity contribution >= 4 is 45.8 Å². The van der Waals surface area contributed by atoms with Gasteiger partial charge < -0.3 is 15.0 Å². The van der Waals surface area contributed by atoms with Gasteiger partial charge in [-0.1, -0.05) is 24.3 Å².